The maximum atomic E-state index is 9.63. The first-order valence-corrected chi connectivity index (χ1v) is 6.69. The van der Waals surface area contributed by atoms with Crippen molar-refractivity contribution in [3.05, 3.63) is 0 Å². The molecule has 1 atom stereocenters. The van der Waals surface area contributed by atoms with Crippen LogP contribution in [0.15, 0.2) is 0 Å². The van der Waals surface area contributed by atoms with E-state index in [0.717, 1.165) is 13.1 Å². The van der Waals surface area contributed by atoms with E-state index in [4.69, 9.17) is 0 Å². The summed E-state index contributed by atoms with van der Waals surface area (Å²) in [4.78, 5) is 4.99. The van der Waals surface area contributed by atoms with Crippen LogP contribution in [-0.4, -0.2) is 60.8 Å². The molecule has 94 valence electrons. The Morgan fingerprint density at radius 3 is 2.50 bits per heavy atom. The summed E-state index contributed by atoms with van der Waals surface area (Å²) < 4.78 is 0. The summed E-state index contributed by atoms with van der Waals surface area (Å²) in [5.41, 5.74) is 0.232. The molecule has 2 aliphatic rings. The summed E-state index contributed by atoms with van der Waals surface area (Å²) >= 11 is 0. The van der Waals surface area contributed by atoms with Gasteiger partial charge in [0, 0.05) is 44.2 Å². The molecule has 1 aliphatic carbocycles. The third kappa shape index (κ3) is 2.58. The molecule has 1 N–H and O–H groups in total. The van der Waals surface area contributed by atoms with Crippen molar-refractivity contribution in [1.82, 2.24) is 9.80 Å². The smallest absolute Gasteiger partial charge is 0.0499 e. The molecule has 0 aromatic carbocycles. The van der Waals surface area contributed by atoms with Gasteiger partial charge in [-0.1, -0.05) is 12.8 Å². The monoisotopic (exact) mass is 226 g/mol. The molecule has 0 bridgehead atoms. The normalized spacial score (nSPS) is 32.1. The fraction of sp³-hybridized carbons (Fsp3) is 1.00. The molecule has 2 rings (SSSR count). The van der Waals surface area contributed by atoms with Crippen LogP contribution in [0.5, 0.6) is 0 Å². The number of rotatable bonds is 3. The summed E-state index contributed by atoms with van der Waals surface area (Å²) in [5, 5.41) is 9.63. The van der Waals surface area contributed by atoms with Gasteiger partial charge < -0.3 is 10.0 Å². The third-order valence-corrected chi connectivity index (χ3v) is 4.60. The summed E-state index contributed by atoms with van der Waals surface area (Å²) in [7, 11) is 2.21. The summed E-state index contributed by atoms with van der Waals surface area (Å²) in [6.45, 7) is 7.30. The Morgan fingerprint density at radius 1 is 1.25 bits per heavy atom. The lowest BCUT2D eigenvalue weighted by atomic mass is 9.86. The maximum Gasteiger partial charge on any atom is 0.0499 e. The molecule has 1 heterocycles. The van der Waals surface area contributed by atoms with Crippen LogP contribution in [0, 0.1) is 5.41 Å². The van der Waals surface area contributed by atoms with E-state index in [2.05, 4.69) is 23.8 Å². The first kappa shape index (κ1) is 12.3. The lowest BCUT2D eigenvalue weighted by Crippen LogP contribution is -2.53. The molecule has 2 fully saturated rings. The van der Waals surface area contributed by atoms with E-state index in [-0.39, 0.29) is 5.41 Å². The zero-order chi connectivity index (χ0) is 11.6. The third-order valence-electron chi connectivity index (χ3n) is 4.60. The van der Waals surface area contributed by atoms with Crippen molar-refractivity contribution in [3.63, 3.8) is 0 Å². The van der Waals surface area contributed by atoms with Crippen LogP contribution >= 0.6 is 0 Å². The Hall–Kier alpha value is -0.120. The molecule has 1 aliphatic heterocycles. The lowest BCUT2D eigenvalue weighted by Gasteiger charge is -2.41. The van der Waals surface area contributed by atoms with Gasteiger partial charge in [0.2, 0.25) is 0 Å². The fourth-order valence-electron chi connectivity index (χ4n) is 3.23. The molecule has 1 saturated carbocycles. The Kier molecular flexibility index (Phi) is 3.88. The average Bonchev–Trinajstić information content (AvgIpc) is 2.73. The number of aliphatic hydroxyl groups is 1. The molecule has 0 amide bonds. The van der Waals surface area contributed by atoms with Crippen molar-refractivity contribution in [2.75, 3.05) is 39.8 Å². The Morgan fingerprint density at radius 2 is 1.94 bits per heavy atom. The molecule has 16 heavy (non-hydrogen) atoms. The fourth-order valence-corrected chi connectivity index (χ4v) is 3.23. The van der Waals surface area contributed by atoms with Gasteiger partial charge in [-0.2, -0.15) is 0 Å². The van der Waals surface area contributed by atoms with Gasteiger partial charge in [-0.3, -0.25) is 4.90 Å². The van der Waals surface area contributed by atoms with Crippen LogP contribution in [0.2, 0.25) is 0 Å². The highest BCUT2D eigenvalue weighted by Gasteiger charge is 2.36. The zero-order valence-corrected chi connectivity index (χ0v) is 10.8. The van der Waals surface area contributed by atoms with Crippen LogP contribution in [0.1, 0.15) is 32.6 Å². The summed E-state index contributed by atoms with van der Waals surface area (Å²) in [6, 6.07) is 0.658. The van der Waals surface area contributed by atoms with Crippen molar-refractivity contribution >= 4 is 0 Å². The van der Waals surface area contributed by atoms with E-state index in [1.54, 1.807) is 0 Å². The minimum atomic E-state index is 0.232. The van der Waals surface area contributed by atoms with Crippen LogP contribution in [0.3, 0.4) is 0 Å². The highest BCUT2D eigenvalue weighted by Crippen LogP contribution is 2.38. The maximum absolute atomic E-state index is 9.63. The van der Waals surface area contributed by atoms with E-state index in [1.807, 2.05) is 0 Å². The van der Waals surface area contributed by atoms with Gasteiger partial charge in [-0.05, 0) is 26.8 Å². The molecule has 1 unspecified atom stereocenters. The van der Waals surface area contributed by atoms with E-state index < -0.39 is 0 Å². The summed E-state index contributed by atoms with van der Waals surface area (Å²) in [6.07, 6.45) is 5.07. The SMILES string of the molecule is CC1CN(CC2(CO)CCCC2)CCN1C. The van der Waals surface area contributed by atoms with Gasteiger partial charge in [0.15, 0.2) is 0 Å². The number of piperazine rings is 1. The average molecular weight is 226 g/mol. The molecule has 3 nitrogen and oxygen atoms in total. The van der Waals surface area contributed by atoms with Crippen LogP contribution in [-0.2, 0) is 0 Å². The van der Waals surface area contributed by atoms with E-state index in [9.17, 15) is 5.11 Å². The standard InChI is InChI=1S/C13H26N2O/c1-12-9-15(8-7-14(12)2)10-13(11-16)5-3-4-6-13/h12,16H,3-11H2,1-2H3. The van der Waals surface area contributed by atoms with Gasteiger partial charge in [-0.25, -0.2) is 0 Å². The number of aliphatic hydroxyl groups excluding tert-OH is 1. The molecule has 1 saturated heterocycles. The molecule has 0 aromatic heterocycles. The Bertz CT molecular complexity index is 226. The highest BCUT2D eigenvalue weighted by atomic mass is 16.3. The Labute approximate surface area is 99.4 Å². The second-order valence-electron chi connectivity index (χ2n) is 5.93. The predicted octanol–water partition coefficient (Wildman–Crippen LogP) is 1.17. The second kappa shape index (κ2) is 5.03. The quantitative estimate of drug-likeness (QED) is 0.783. The number of likely N-dealkylation sites (N-methyl/N-ethyl adjacent to an activating group) is 1. The van der Waals surface area contributed by atoms with E-state index in [0.29, 0.717) is 12.6 Å². The van der Waals surface area contributed by atoms with E-state index in [1.165, 1.54) is 38.8 Å². The van der Waals surface area contributed by atoms with Crippen molar-refractivity contribution < 1.29 is 5.11 Å². The topological polar surface area (TPSA) is 26.7 Å². The van der Waals surface area contributed by atoms with Crippen molar-refractivity contribution in [1.29, 1.82) is 0 Å². The molecule has 0 aromatic rings. The van der Waals surface area contributed by atoms with E-state index >= 15 is 0 Å². The largest absolute Gasteiger partial charge is 0.396 e. The van der Waals surface area contributed by atoms with Gasteiger partial charge in [-0.15, -0.1) is 0 Å². The number of hydrogen-bond donors (Lipinski definition) is 1. The number of hydrogen-bond acceptors (Lipinski definition) is 3. The zero-order valence-electron chi connectivity index (χ0n) is 10.8. The summed E-state index contributed by atoms with van der Waals surface area (Å²) in [5.74, 6) is 0. The lowest BCUT2D eigenvalue weighted by molar-refractivity contribution is 0.0372. The van der Waals surface area contributed by atoms with Crippen molar-refractivity contribution in [3.8, 4) is 0 Å². The van der Waals surface area contributed by atoms with Gasteiger partial charge in [0.05, 0.1) is 0 Å². The van der Waals surface area contributed by atoms with Gasteiger partial charge in [0.1, 0.15) is 0 Å². The second-order valence-corrected chi connectivity index (χ2v) is 5.93. The molecule has 3 heteroatoms. The van der Waals surface area contributed by atoms with Crippen LogP contribution < -0.4 is 0 Å². The minimum absolute atomic E-state index is 0.232. The predicted molar refractivity (Wildman–Crippen MR) is 66.5 cm³/mol. The van der Waals surface area contributed by atoms with Crippen molar-refractivity contribution in [2.45, 2.75) is 38.6 Å². The minimum Gasteiger partial charge on any atom is -0.396 e. The Balaban J connectivity index is 1.89. The van der Waals surface area contributed by atoms with Crippen LogP contribution in [0.25, 0.3) is 0 Å². The van der Waals surface area contributed by atoms with Crippen molar-refractivity contribution in [2.24, 2.45) is 5.41 Å². The molecular formula is C13H26N2O. The molecule has 0 radical (unpaired) electrons. The molecular weight excluding hydrogens is 200 g/mol. The first-order chi connectivity index (χ1) is 7.65. The highest BCUT2D eigenvalue weighted by molar-refractivity contribution is 4.89. The van der Waals surface area contributed by atoms with Gasteiger partial charge >= 0.3 is 0 Å². The first-order valence-electron chi connectivity index (χ1n) is 6.69. The van der Waals surface area contributed by atoms with Gasteiger partial charge in [0.25, 0.3) is 0 Å². The molecule has 0 spiro atoms. The van der Waals surface area contributed by atoms with Crippen LogP contribution in [0.4, 0.5) is 0 Å². The number of nitrogens with zero attached hydrogens (tertiary/aromatic N) is 2.